The van der Waals surface area contributed by atoms with Crippen molar-refractivity contribution in [1.82, 2.24) is 20.1 Å². The SMILES string of the molecule is O=[N+]([O-])c1cccc(-c2ncn(C[C@@H]3CCCN3)n2)c1. The lowest BCUT2D eigenvalue weighted by Crippen LogP contribution is -2.26. The lowest BCUT2D eigenvalue weighted by molar-refractivity contribution is -0.384. The standard InChI is InChI=1S/C13H15N5O2/c19-18(20)12-5-1-3-10(7-12)13-15-9-17(16-13)8-11-4-2-6-14-11/h1,3,5,7,9,11,14H,2,4,6,8H2/t11-/m0/s1. The minimum atomic E-state index is -0.414. The zero-order valence-corrected chi connectivity index (χ0v) is 10.9. The molecular weight excluding hydrogens is 258 g/mol. The largest absolute Gasteiger partial charge is 0.312 e. The van der Waals surface area contributed by atoms with Gasteiger partial charge < -0.3 is 5.32 Å². The topological polar surface area (TPSA) is 85.9 Å². The summed E-state index contributed by atoms with van der Waals surface area (Å²) in [6, 6.07) is 6.82. The van der Waals surface area contributed by atoms with Crippen molar-refractivity contribution in [2.45, 2.75) is 25.4 Å². The molecule has 0 unspecified atom stereocenters. The van der Waals surface area contributed by atoms with E-state index >= 15 is 0 Å². The van der Waals surface area contributed by atoms with Gasteiger partial charge in [0.05, 0.1) is 11.5 Å². The molecule has 0 radical (unpaired) electrons. The summed E-state index contributed by atoms with van der Waals surface area (Å²) < 4.78 is 1.79. The predicted molar refractivity (Wildman–Crippen MR) is 73.1 cm³/mol. The molecule has 2 heterocycles. The van der Waals surface area contributed by atoms with Crippen LogP contribution in [0.25, 0.3) is 11.4 Å². The van der Waals surface area contributed by atoms with Crippen LogP contribution in [0.2, 0.25) is 0 Å². The summed E-state index contributed by atoms with van der Waals surface area (Å²) in [4.78, 5) is 14.6. The van der Waals surface area contributed by atoms with Crippen molar-refractivity contribution in [1.29, 1.82) is 0 Å². The van der Waals surface area contributed by atoms with Gasteiger partial charge in [0.15, 0.2) is 5.82 Å². The number of nitrogens with zero attached hydrogens (tertiary/aromatic N) is 4. The van der Waals surface area contributed by atoms with Crippen LogP contribution in [0.5, 0.6) is 0 Å². The second-order valence-corrected chi connectivity index (χ2v) is 4.89. The third kappa shape index (κ3) is 2.67. The fourth-order valence-corrected chi connectivity index (χ4v) is 2.41. The third-order valence-corrected chi connectivity index (χ3v) is 3.42. The first-order chi connectivity index (χ1) is 9.72. The maximum atomic E-state index is 10.8. The van der Waals surface area contributed by atoms with Crippen LogP contribution in [0, 0.1) is 10.1 Å². The summed E-state index contributed by atoms with van der Waals surface area (Å²) in [5, 5.41) is 18.6. The maximum Gasteiger partial charge on any atom is 0.270 e. The van der Waals surface area contributed by atoms with Crippen LogP contribution in [0.4, 0.5) is 5.69 Å². The molecule has 1 atom stereocenters. The van der Waals surface area contributed by atoms with Crippen molar-refractivity contribution in [2.75, 3.05) is 6.54 Å². The summed E-state index contributed by atoms with van der Waals surface area (Å²) >= 11 is 0. The highest BCUT2D eigenvalue weighted by atomic mass is 16.6. The van der Waals surface area contributed by atoms with Crippen LogP contribution in [-0.4, -0.2) is 32.3 Å². The van der Waals surface area contributed by atoms with Crippen molar-refractivity contribution in [3.8, 4) is 11.4 Å². The van der Waals surface area contributed by atoms with Crippen molar-refractivity contribution < 1.29 is 4.92 Å². The number of nitrogens with one attached hydrogen (secondary N) is 1. The lowest BCUT2D eigenvalue weighted by atomic mass is 10.2. The van der Waals surface area contributed by atoms with Crippen LogP contribution in [0.15, 0.2) is 30.6 Å². The Hall–Kier alpha value is -2.28. The normalized spacial score (nSPS) is 18.3. The summed E-state index contributed by atoms with van der Waals surface area (Å²) in [6.07, 6.45) is 4.01. The molecular formula is C13H15N5O2. The number of benzene rings is 1. The second kappa shape index (κ2) is 5.38. The van der Waals surface area contributed by atoms with Crippen LogP contribution in [-0.2, 0) is 6.54 Å². The van der Waals surface area contributed by atoms with Gasteiger partial charge in [-0.05, 0) is 19.4 Å². The first-order valence-electron chi connectivity index (χ1n) is 6.60. The van der Waals surface area contributed by atoms with E-state index in [1.54, 1.807) is 23.1 Å². The van der Waals surface area contributed by atoms with Gasteiger partial charge in [-0.15, -0.1) is 0 Å². The van der Waals surface area contributed by atoms with E-state index in [1.807, 2.05) is 0 Å². The average molecular weight is 273 g/mol. The zero-order chi connectivity index (χ0) is 13.9. The first-order valence-corrected chi connectivity index (χ1v) is 6.60. The highest BCUT2D eigenvalue weighted by molar-refractivity contribution is 5.58. The summed E-state index contributed by atoms with van der Waals surface area (Å²) in [5.74, 6) is 0.520. The molecule has 0 spiro atoms. The van der Waals surface area contributed by atoms with E-state index < -0.39 is 4.92 Å². The molecule has 0 aliphatic carbocycles. The number of nitro groups is 1. The Kier molecular flexibility index (Phi) is 3.42. The van der Waals surface area contributed by atoms with Crippen LogP contribution in [0.1, 0.15) is 12.8 Å². The van der Waals surface area contributed by atoms with E-state index in [0.29, 0.717) is 17.4 Å². The summed E-state index contributed by atoms with van der Waals surface area (Å²) in [5.41, 5.74) is 0.716. The fourth-order valence-electron chi connectivity index (χ4n) is 2.41. The minimum Gasteiger partial charge on any atom is -0.312 e. The molecule has 3 rings (SSSR count). The van der Waals surface area contributed by atoms with Gasteiger partial charge in [-0.1, -0.05) is 12.1 Å². The minimum absolute atomic E-state index is 0.0521. The number of hydrogen-bond donors (Lipinski definition) is 1. The predicted octanol–water partition coefficient (Wildman–Crippen LogP) is 1.61. The van der Waals surface area contributed by atoms with Crippen LogP contribution in [0.3, 0.4) is 0 Å². The van der Waals surface area contributed by atoms with Gasteiger partial charge in [0.2, 0.25) is 0 Å². The highest BCUT2D eigenvalue weighted by Crippen LogP contribution is 2.20. The average Bonchev–Trinajstić information content (AvgIpc) is 3.11. The Balaban J connectivity index is 1.78. The molecule has 7 nitrogen and oxygen atoms in total. The number of rotatable bonds is 4. The van der Waals surface area contributed by atoms with Crippen molar-refractivity contribution >= 4 is 5.69 Å². The molecule has 1 fully saturated rings. The highest BCUT2D eigenvalue weighted by Gasteiger charge is 2.16. The molecule has 1 N–H and O–H groups in total. The van der Waals surface area contributed by atoms with Gasteiger partial charge in [-0.25, -0.2) is 4.98 Å². The number of nitro benzene ring substituents is 1. The second-order valence-electron chi connectivity index (χ2n) is 4.89. The van der Waals surface area contributed by atoms with E-state index in [9.17, 15) is 10.1 Å². The summed E-state index contributed by atoms with van der Waals surface area (Å²) in [7, 11) is 0. The van der Waals surface area contributed by atoms with Gasteiger partial charge >= 0.3 is 0 Å². The molecule has 1 aromatic heterocycles. The molecule has 7 heteroatoms. The molecule has 20 heavy (non-hydrogen) atoms. The molecule has 2 aromatic rings. The van der Waals surface area contributed by atoms with Gasteiger partial charge in [-0.3, -0.25) is 14.8 Å². The van der Waals surface area contributed by atoms with Crippen LogP contribution < -0.4 is 5.32 Å². The molecule has 0 amide bonds. The number of hydrogen-bond acceptors (Lipinski definition) is 5. The van der Waals surface area contributed by atoms with Gasteiger partial charge in [0.25, 0.3) is 5.69 Å². The smallest absolute Gasteiger partial charge is 0.270 e. The molecule has 1 aliphatic heterocycles. The number of non-ortho nitro benzene ring substituents is 1. The molecule has 1 saturated heterocycles. The van der Waals surface area contributed by atoms with Gasteiger partial charge in [0, 0.05) is 23.7 Å². The molecule has 1 aromatic carbocycles. The fraction of sp³-hybridized carbons (Fsp3) is 0.385. The van der Waals surface area contributed by atoms with Crippen molar-refractivity contribution in [2.24, 2.45) is 0 Å². The van der Waals surface area contributed by atoms with E-state index in [2.05, 4.69) is 15.4 Å². The Bertz CT molecular complexity index is 619. The molecule has 104 valence electrons. The van der Waals surface area contributed by atoms with Crippen molar-refractivity contribution in [3.63, 3.8) is 0 Å². The van der Waals surface area contributed by atoms with Crippen LogP contribution >= 0.6 is 0 Å². The Morgan fingerprint density at radius 1 is 1.50 bits per heavy atom. The van der Waals surface area contributed by atoms with Crippen molar-refractivity contribution in [3.05, 3.63) is 40.7 Å². The first kappa shape index (κ1) is 12.7. The quantitative estimate of drug-likeness (QED) is 0.675. The van der Waals surface area contributed by atoms with E-state index in [-0.39, 0.29) is 5.69 Å². The lowest BCUT2D eigenvalue weighted by Gasteiger charge is -2.08. The molecule has 1 aliphatic rings. The van der Waals surface area contributed by atoms with E-state index in [1.165, 1.54) is 18.6 Å². The number of aromatic nitrogens is 3. The Labute approximate surface area is 115 Å². The third-order valence-electron chi connectivity index (χ3n) is 3.42. The van der Waals surface area contributed by atoms with E-state index in [4.69, 9.17) is 0 Å². The monoisotopic (exact) mass is 273 g/mol. The maximum absolute atomic E-state index is 10.8. The Morgan fingerprint density at radius 3 is 3.15 bits per heavy atom. The molecule has 0 saturated carbocycles. The summed E-state index contributed by atoms with van der Waals surface area (Å²) in [6.45, 7) is 1.83. The van der Waals surface area contributed by atoms with Gasteiger partial charge in [-0.2, -0.15) is 5.10 Å². The van der Waals surface area contributed by atoms with Gasteiger partial charge in [0.1, 0.15) is 6.33 Å². The zero-order valence-electron chi connectivity index (χ0n) is 10.9. The molecule has 0 bridgehead atoms. The van der Waals surface area contributed by atoms with E-state index in [0.717, 1.165) is 19.5 Å². The Morgan fingerprint density at radius 2 is 2.40 bits per heavy atom.